The Hall–Kier alpha value is -0.870. The van der Waals surface area contributed by atoms with Gasteiger partial charge in [0.05, 0.1) is 12.5 Å². The summed E-state index contributed by atoms with van der Waals surface area (Å²) in [6, 6.07) is 8.05. The zero-order valence-corrected chi connectivity index (χ0v) is 12.1. The van der Waals surface area contributed by atoms with Crippen molar-refractivity contribution in [1.29, 1.82) is 0 Å². The zero-order chi connectivity index (χ0) is 13.0. The first-order valence-electron chi connectivity index (χ1n) is 6.20. The standard InChI is InChI=1S/C14H18BrNO2/c1-18-13(17)14(7-4-8-16-10-14)9-11-5-2-3-6-12(11)15/h2-3,5-6,16H,4,7-10H2,1H3/t14-/m0/s1. The van der Waals surface area contributed by atoms with Crippen LogP contribution in [0, 0.1) is 5.41 Å². The number of carbonyl (C=O) groups is 1. The molecule has 1 aliphatic rings. The largest absolute Gasteiger partial charge is 0.469 e. The van der Waals surface area contributed by atoms with E-state index in [0.717, 1.165) is 29.4 Å². The summed E-state index contributed by atoms with van der Waals surface area (Å²) in [4.78, 5) is 12.1. The molecule has 1 heterocycles. The van der Waals surface area contributed by atoms with Crippen LogP contribution in [-0.2, 0) is 16.0 Å². The molecule has 0 amide bonds. The van der Waals surface area contributed by atoms with E-state index in [0.29, 0.717) is 13.0 Å². The fourth-order valence-corrected chi connectivity index (χ4v) is 3.01. The molecular weight excluding hydrogens is 294 g/mol. The summed E-state index contributed by atoms with van der Waals surface area (Å²) in [7, 11) is 1.47. The molecule has 2 rings (SSSR count). The highest BCUT2D eigenvalue weighted by molar-refractivity contribution is 9.10. The second kappa shape index (κ2) is 5.85. The van der Waals surface area contributed by atoms with E-state index in [1.807, 2.05) is 18.2 Å². The van der Waals surface area contributed by atoms with Crippen molar-refractivity contribution < 1.29 is 9.53 Å². The lowest BCUT2D eigenvalue weighted by Crippen LogP contribution is -2.47. The van der Waals surface area contributed by atoms with Crippen molar-refractivity contribution in [3.8, 4) is 0 Å². The summed E-state index contributed by atoms with van der Waals surface area (Å²) in [5, 5.41) is 3.31. The van der Waals surface area contributed by atoms with E-state index in [1.165, 1.54) is 7.11 Å². The van der Waals surface area contributed by atoms with Gasteiger partial charge in [0.2, 0.25) is 0 Å². The lowest BCUT2D eigenvalue weighted by atomic mass is 9.76. The molecule has 18 heavy (non-hydrogen) atoms. The van der Waals surface area contributed by atoms with Crippen molar-refractivity contribution >= 4 is 21.9 Å². The fourth-order valence-electron chi connectivity index (χ4n) is 2.59. The summed E-state index contributed by atoms with van der Waals surface area (Å²) in [5.74, 6) is -0.106. The van der Waals surface area contributed by atoms with Gasteiger partial charge in [-0.1, -0.05) is 34.1 Å². The van der Waals surface area contributed by atoms with Crippen LogP contribution in [0.4, 0.5) is 0 Å². The van der Waals surface area contributed by atoms with Crippen molar-refractivity contribution in [3.63, 3.8) is 0 Å². The number of hydrogen-bond acceptors (Lipinski definition) is 3. The molecule has 4 heteroatoms. The van der Waals surface area contributed by atoms with Crippen molar-refractivity contribution in [2.75, 3.05) is 20.2 Å². The van der Waals surface area contributed by atoms with Gasteiger partial charge in [0, 0.05) is 11.0 Å². The van der Waals surface area contributed by atoms with Crippen molar-refractivity contribution in [2.24, 2.45) is 5.41 Å². The van der Waals surface area contributed by atoms with Gasteiger partial charge in [-0.3, -0.25) is 4.79 Å². The molecule has 3 nitrogen and oxygen atoms in total. The van der Waals surface area contributed by atoms with Crippen molar-refractivity contribution in [2.45, 2.75) is 19.3 Å². The number of rotatable bonds is 3. The van der Waals surface area contributed by atoms with Crippen LogP contribution in [0.25, 0.3) is 0 Å². The molecule has 1 saturated heterocycles. The van der Waals surface area contributed by atoms with E-state index in [1.54, 1.807) is 0 Å². The van der Waals surface area contributed by atoms with Crippen LogP contribution in [0.5, 0.6) is 0 Å². The first-order chi connectivity index (χ1) is 8.68. The monoisotopic (exact) mass is 311 g/mol. The van der Waals surface area contributed by atoms with E-state index >= 15 is 0 Å². The molecule has 1 aliphatic heterocycles. The Morgan fingerprint density at radius 2 is 2.28 bits per heavy atom. The van der Waals surface area contributed by atoms with Crippen LogP contribution in [0.3, 0.4) is 0 Å². The number of halogens is 1. The Morgan fingerprint density at radius 1 is 1.50 bits per heavy atom. The third-order valence-electron chi connectivity index (χ3n) is 3.58. The van der Waals surface area contributed by atoms with E-state index in [9.17, 15) is 4.79 Å². The fraction of sp³-hybridized carbons (Fsp3) is 0.500. The third kappa shape index (κ3) is 2.75. The van der Waals surface area contributed by atoms with E-state index in [4.69, 9.17) is 4.74 Å². The van der Waals surface area contributed by atoms with E-state index < -0.39 is 5.41 Å². The zero-order valence-electron chi connectivity index (χ0n) is 10.5. The van der Waals surface area contributed by atoms with Crippen molar-refractivity contribution in [1.82, 2.24) is 5.32 Å². The summed E-state index contributed by atoms with van der Waals surface area (Å²) in [6.07, 6.45) is 2.61. The summed E-state index contributed by atoms with van der Waals surface area (Å²) in [6.45, 7) is 1.68. The number of benzene rings is 1. The van der Waals surface area contributed by atoms with Crippen LogP contribution in [0.2, 0.25) is 0 Å². The molecule has 0 unspecified atom stereocenters. The predicted molar refractivity (Wildman–Crippen MR) is 74.4 cm³/mol. The number of methoxy groups -OCH3 is 1. The number of ether oxygens (including phenoxy) is 1. The summed E-state index contributed by atoms with van der Waals surface area (Å²) in [5.41, 5.74) is 0.739. The Morgan fingerprint density at radius 3 is 2.89 bits per heavy atom. The van der Waals surface area contributed by atoms with Crippen LogP contribution in [0.15, 0.2) is 28.7 Å². The second-order valence-electron chi connectivity index (χ2n) is 4.82. The third-order valence-corrected chi connectivity index (χ3v) is 4.35. The Bertz CT molecular complexity index is 428. The smallest absolute Gasteiger partial charge is 0.313 e. The number of esters is 1. The van der Waals surface area contributed by atoms with Gasteiger partial charge < -0.3 is 10.1 Å². The molecule has 1 atom stereocenters. The molecule has 1 aromatic carbocycles. The highest BCUT2D eigenvalue weighted by atomic mass is 79.9. The lowest BCUT2D eigenvalue weighted by Gasteiger charge is -2.35. The maximum absolute atomic E-state index is 12.1. The van der Waals surface area contributed by atoms with Gasteiger partial charge in [0.15, 0.2) is 0 Å². The molecule has 0 radical (unpaired) electrons. The van der Waals surface area contributed by atoms with Gasteiger partial charge in [0.25, 0.3) is 0 Å². The van der Waals surface area contributed by atoms with Gasteiger partial charge in [-0.05, 0) is 37.4 Å². The van der Waals surface area contributed by atoms with Crippen LogP contribution in [-0.4, -0.2) is 26.2 Å². The van der Waals surface area contributed by atoms with Gasteiger partial charge >= 0.3 is 5.97 Å². The lowest BCUT2D eigenvalue weighted by molar-refractivity contribution is -0.153. The van der Waals surface area contributed by atoms with Crippen molar-refractivity contribution in [3.05, 3.63) is 34.3 Å². The molecule has 98 valence electrons. The Kier molecular flexibility index (Phi) is 4.40. The first kappa shape index (κ1) is 13.6. The molecule has 1 aromatic rings. The molecule has 1 N–H and O–H groups in total. The maximum atomic E-state index is 12.1. The highest BCUT2D eigenvalue weighted by Gasteiger charge is 2.41. The molecule has 0 bridgehead atoms. The van der Waals surface area contributed by atoms with Crippen LogP contribution >= 0.6 is 15.9 Å². The van der Waals surface area contributed by atoms with Gasteiger partial charge in [-0.15, -0.1) is 0 Å². The van der Waals surface area contributed by atoms with Crippen LogP contribution in [0.1, 0.15) is 18.4 Å². The Labute approximate surface area is 116 Å². The number of hydrogen-bond donors (Lipinski definition) is 1. The number of piperidine rings is 1. The van der Waals surface area contributed by atoms with Gasteiger partial charge in [-0.2, -0.15) is 0 Å². The molecule has 0 saturated carbocycles. The van der Waals surface area contributed by atoms with E-state index in [-0.39, 0.29) is 5.97 Å². The molecule has 0 aromatic heterocycles. The minimum atomic E-state index is -0.420. The molecule has 1 fully saturated rings. The SMILES string of the molecule is COC(=O)[C@]1(Cc2ccccc2Br)CCCNC1. The molecule has 0 aliphatic carbocycles. The number of nitrogens with one attached hydrogen (secondary N) is 1. The predicted octanol–water partition coefficient (Wildman–Crippen LogP) is 2.53. The molecular formula is C14H18BrNO2. The highest BCUT2D eigenvalue weighted by Crippen LogP contribution is 2.34. The van der Waals surface area contributed by atoms with Gasteiger partial charge in [-0.25, -0.2) is 0 Å². The maximum Gasteiger partial charge on any atom is 0.313 e. The van der Waals surface area contributed by atoms with E-state index in [2.05, 4.69) is 27.3 Å². The Balaban J connectivity index is 2.25. The topological polar surface area (TPSA) is 38.3 Å². The second-order valence-corrected chi connectivity index (χ2v) is 5.67. The first-order valence-corrected chi connectivity index (χ1v) is 7.00. The number of carbonyl (C=O) groups excluding carboxylic acids is 1. The average Bonchev–Trinajstić information content (AvgIpc) is 2.41. The normalized spacial score (nSPS) is 23.7. The summed E-state index contributed by atoms with van der Waals surface area (Å²) < 4.78 is 6.07. The minimum absolute atomic E-state index is 0.106. The quantitative estimate of drug-likeness (QED) is 0.872. The summed E-state index contributed by atoms with van der Waals surface area (Å²) >= 11 is 3.55. The van der Waals surface area contributed by atoms with Gasteiger partial charge in [0.1, 0.15) is 0 Å². The molecule has 0 spiro atoms. The van der Waals surface area contributed by atoms with Crippen LogP contribution < -0.4 is 5.32 Å². The average molecular weight is 312 g/mol. The minimum Gasteiger partial charge on any atom is -0.469 e.